The smallest absolute Gasteiger partial charge is 0.305 e. The van der Waals surface area contributed by atoms with Crippen molar-refractivity contribution in [2.75, 3.05) is 7.11 Å². The van der Waals surface area contributed by atoms with Gasteiger partial charge in [-0.15, -0.1) is 0 Å². The van der Waals surface area contributed by atoms with E-state index >= 15 is 0 Å². The maximum Gasteiger partial charge on any atom is 0.305 e. The summed E-state index contributed by atoms with van der Waals surface area (Å²) in [6, 6.07) is 3.00. The second kappa shape index (κ2) is 7.37. The summed E-state index contributed by atoms with van der Waals surface area (Å²) in [5, 5.41) is 2.47. The average molecular weight is 283 g/mol. The van der Waals surface area contributed by atoms with E-state index in [-0.39, 0.29) is 25.0 Å². The van der Waals surface area contributed by atoms with E-state index in [9.17, 15) is 18.4 Å². The molecule has 0 atom stereocenters. The van der Waals surface area contributed by atoms with Gasteiger partial charge in [-0.05, 0) is 24.1 Å². The topological polar surface area (TPSA) is 55.4 Å². The minimum atomic E-state index is -0.709. The van der Waals surface area contributed by atoms with Gasteiger partial charge in [0.1, 0.15) is 11.6 Å². The molecule has 0 saturated heterocycles. The quantitative estimate of drug-likeness (QED) is 0.642. The van der Waals surface area contributed by atoms with Crippen LogP contribution in [0.25, 0.3) is 0 Å². The van der Waals surface area contributed by atoms with Gasteiger partial charge in [0.05, 0.1) is 7.11 Å². The van der Waals surface area contributed by atoms with Crippen molar-refractivity contribution in [1.82, 2.24) is 5.32 Å². The molecule has 0 spiro atoms. The highest BCUT2D eigenvalue weighted by Gasteiger charge is 2.10. The zero-order valence-corrected chi connectivity index (χ0v) is 11.0. The van der Waals surface area contributed by atoms with Crippen molar-refractivity contribution in [2.24, 2.45) is 0 Å². The van der Waals surface area contributed by atoms with E-state index in [4.69, 9.17) is 0 Å². The van der Waals surface area contributed by atoms with Crippen molar-refractivity contribution in [3.63, 3.8) is 0 Å². The van der Waals surface area contributed by atoms with Gasteiger partial charge in [0.25, 0.3) is 0 Å². The van der Waals surface area contributed by atoms with Gasteiger partial charge in [0.15, 0.2) is 0 Å². The number of rotatable bonds is 6. The summed E-state index contributed by atoms with van der Waals surface area (Å²) in [6.07, 6.45) is 0.216. The van der Waals surface area contributed by atoms with Crippen LogP contribution in [0.1, 0.15) is 18.4 Å². The number of methoxy groups -OCH3 is 1. The van der Waals surface area contributed by atoms with Crippen LogP contribution in [0.4, 0.5) is 8.78 Å². The highest BCUT2D eigenvalue weighted by atomic mass is 19.1. The van der Waals surface area contributed by atoms with E-state index < -0.39 is 23.5 Å². The maximum atomic E-state index is 12.9. The number of hydrogen-bond donors (Lipinski definition) is 1. The number of carbonyl (C=O) groups excluding carboxylic acids is 2. The molecule has 1 amide bonds. The van der Waals surface area contributed by atoms with Gasteiger partial charge < -0.3 is 10.1 Å². The van der Waals surface area contributed by atoms with Crippen LogP contribution in [0, 0.1) is 11.6 Å². The fourth-order valence-electron chi connectivity index (χ4n) is 1.49. The fraction of sp³-hybridized carbons (Fsp3) is 0.286. The van der Waals surface area contributed by atoms with Gasteiger partial charge in [0, 0.05) is 24.6 Å². The van der Waals surface area contributed by atoms with Crippen LogP contribution in [-0.2, 0) is 20.9 Å². The Labute approximate surface area is 115 Å². The number of carbonyl (C=O) groups is 2. The van der Waals surface area contributed by atoms with Crippen LogP contribution in [0.5, 0.6) is 0 Å². The van der Waals surface area contributed by atoms with Crippen LogP contribution < -0.4 is 5.32 Å². The summed E-state index contributed by atoms with van der Waals surface area (Å²) in [4.78, 5) is 22.6. The minimum Gasteiger partial charge on any atom is -0.469 e. The molecule has 1 N–H and O–H groups in total. The second-order valence-corrected chi connectivity index (χ2v) is 4.14. The third-order valence-corrected chi connectivity index (χ3v) is 2.56. The number of nitrogens with one attached hydrogen (secondary N) is 1. The van der Waals surface area contributed by atoms with E-state index in [1.807, 2.05) is 0 Å². The van der Waals surface area contributed by atoms with Crippen LogP contribution in [0.3, 0.4) is 0 Å². The number of ether oxygens (including phenoxy) is 1. The Morgan fingerprint density at radius 1 is 1.20 bits per heavy atom. The lowest BCUT2D eigenvalue weighted by atomic mass is 10.1. The predicted molar refractivity (Wildman–Crippen MR) is 68.6 cm³/mol. The Balaban J connectivity index is 2.46. The Morgan fingerprint density at radius 3 is 2.35 bits per heavy atom. The van der Waals surface area contributed by atoms with Gasteiger partial charge >= 0.3 is 5.97 Å². The van der Waals surface area contributed by atoms with Crippen molar-refractivity contribution in [3.05, 3.63) is 47.5 Å². The lowest BCUT2D eigenvalue weighted by Crippen LogP contribution is -2.24. The van der Waals surface area contributed by atoms with E-state index in [1.165, 1.54) is 7.11 Å². The number of hydrogen-bond acceptors (Lipinski definition) is 3. The standard InChI is InChI=1S/C14H15F2NO3/c1-9(3-4-13(18)20-2)14(19)17-8-10-5-11(15)7-12(16)6-10/h5-7H,1,3-4,8H2,2H3,(H,17,19). The van der Waals surface area contributed by atoms with E-state index in [0.717, 1.165) is 18.2 Å². The van der Waals surface area contributed by atoms with Gasteiger partial charge in [-0.2, -0.15) is 0 Å². The van der Waals surface area contributed by atoms with Crippen molar-refractivity contribution < 1.29 is 23.1 Å². The number of esters is 1. The van der Waals surface area contributed by atoms with Gasteiger partial charge in [0.2, 0.25) is 5.91 Å². The minimum absolute atomic E-state index is 0.0231. The molecule has 4 nitrogen and oxygen atoms in total. The second-order valence-electron chi connectivity index (χ2n) is 4.14. The summed E-state index contributed by atoms with van der Waals surface area (Å²) in [6.45, 7) is 3.52. The largest absolute Gasteiger partial charge is 0.469 e. The van der Waals surface area contributed by atoms with Crippen LogP contribution in [-0.4, -0.2) is 19.0 Å². The Kier molecular flexibility index (Phi) is 5.83. The van der Waals surface area contributed by atoms with Gasteiger partial charge in [-0.1, -0.05) is 6.58 Å². The molecule has 0 aliphatic heterocycles. The van der Waals surface area contributed by atoms with Crippen molar-refractivity contribution in [1.29, 1.82) is 0 Å². The predicted octanol–water partition coefficient (Wildman–Crippen LogP) is 2.09. The number of benzene rings is 1. The Hall–Kier alpha value is -2.24. The average Bonchev–Trinajstić information content (AvgIpc) is 2.40. The third kappa shape index (κ3) is 5.17. The van der Waals surface area contributed by atoms with Crippen molar-refractivity contribution in [3.8, 4) is 0 Å². The molecule has 0 bridgehead atoms. The molecule has 0 unspecified atom stereocenters. The highest BCUT2D eigenvalue weighted by molar-refractivity contribution is 5.93. The maximum absolute atomic E-state index is 12.9. The highest BCUT2D eigenvalue weighted by Crippen LogP contribution is 2.09. The first-order chi connectivity index (χ1) is 9.42. The molecule has 0 aromatic heterocycles. The molecule has 0 radical (unpaired) electrons. The molecule has 0 aliphatic rings. The first-order valence-corrected chi connectivity index (χ1v) is 5.90. The zero-order chi connectivity index (χ0) is 15.1. The molecule has 108 valence electrons. The summed E-state index contributed by atoms with van der Waals surface area (Å²) in [7, 11) is 1.25. The zero-order valence-electron chi connectivity index (χ0n) is 11.0. The van der Waals surface area contributed by atoms with Gasteiger partial charge in [-0.3, -0.25) is 9.59 Å². The van der Waals surface area contributed by atoms with Crippen LogP contribution in [0.15, 0.2) is 30.4 Å². The molecule has 0 fully saturated rings. The molecular weight excluding hydrogens is 268 g/mol. The van der Waals surface area contributed by atoms with E-state index in [1.54, 1.807) is 0 Å². The van der Waals surface area contributed by atoms with E-state index in [2.05, 4.69) is 16.6 Å². The summed E-state index contributed by atoms with van der Waals surface area (Å²) >= 11 is 0. The Morgan fingerprint density at radius 2 is 1.80 bits per heavy atom. The first kappa shape index (κ1) is 15.8. The SMILES string of the molecule is C=C(CCC(=O)OC)C(=O)NCc1cc(F)cc(F)c1. The normalized spacial score (nSPS) is 9.95. The summed E-state index contributed by atoms with van der Waals surface area (Å²) in [5.74, 6) is -2.33. The molecule has 6 heteroatoms. The molecule has 1 aromatic carbocycles. The van der Waals surface area contributed by atoms with Crippen molar-refractivity contribution >= 4 is 11.9 Å². The summed E-state index contributed by atoms with van der Waals surface area (Å²) in [5.41, 5.74) is 0.504. The Bertz CT molecular complexity index is 509. The van der Waals surface area contributed by atoms with Crippen molar-refractivity contribution in [2.45, 2.75) is 19.4 Å². The molecule has 0 aliphatic carbocycles. The number of amides is 1. The fourth-order valence-corrected chi connectivity index (χ4v) is 1.49. The molecular formula is C14H15F2NO3. The first-order valence-electron chi connectivity index (χ1n) is 5.90. The monoisotopic (exact) mass is 283 g/mol. The third-order valence-electron chi connectivity index (χ3n) is 2.56. The molecule has 1 rings (SSSR count). The molecule has 0 heterocycles. The molecule has 1 aromatic rings. The number of halogens is 2. The van der Waals surface area contributed by atoms with Crippen LogP contribution in [0.2, 0.25) is 0 Å². The van der Waals surface area contributed by atoms with Crippen LogP contribution >= 0.6 is 0 Å². The van der Waals surface area contributed by atoms with Gasteiger partial charge in [-0.25, -0.2) is 8.78 Å². The lowest BCUT2D eigenvalue weighted by molar-refractivity contribution is -0.140. The molecule has 0 saturated carbocycles. The molecule has 20 heavy (non-hydrogen) atoms. The lowest BCUT2D eigenvalue weighted by Gasteiger charge is -2.07. The summed E-state index contributed by atoms with van der Waals surface area (Å²) < 4.78 is 30.3. The van der Waals surface area contributed by atoms with E-state index in [0.29, 0.717) is 5.56 Å².